The van der Waals surface area contributed by atoms with E-state index in [9.17, 15) is 9.59 Å². The Morgan fingerprint density at radius 3 is 2.78 bits per heavy atom. The molecule has 0 bridgehead atoms. The van der Waals surface area contributed by atoms with Crippen molar-refractivity contribution in [2.45, 2.75) is 38.6 Å². The van der Waals surface area contributed by atoms with Crippen molar-refractivity contribution in [1.82, 2.24) is 9.88 Å². The average Bonchev–Trinajstić information content (AvgIpc) is 3.22. The number of allylic oxidation sites excluding steroid dienone is 2. The second kappa shape index (κ2) is 7.91. The van der Waals surface area contributed by atoms with E-state index in [1.807, 2.05) is 6.92 Å². The fraction of sp³-hybridized carbons (Fsp3) is 0.444. The van der Waals surface area contributed by atoms with E-state index < -0.39 is 11.9 Å². The van der Waals surface area contributed by atoms with E-state index >= 15 is 0 Å². The number of primary amides is 1. The molecule has 2 fully saturated rings. The van der Waals surface area contributed by atoms with Crippen molar-refractivity contribution in [3.63, 3.8) is 0 Å². The number of amides is 3. The molecule has 27 heavy (non-hydrogen) atoms. The van der Waals surface area contributed by atoms with Gasteiger partial charge in [-0.2, -0.15) is 0 Å². The fourth-order valence-corrected chi connectivity index (χ4v) is 3.89. The summed E-state index contributed by atoms with van der Waals surface area (Å²) in [5.74, 6) is 0.0237. The Balaban J connectivity index is 1.65. The van der Waals surface area contributed by atoms with E-state index in [1.165, 1.54) is 16.2 Å². The van der Waals surface area contributed by atoms with Gasteiger partial charge in [0.15, 0.2) is 5.13 Å². The van der Waals surface area contributed by atoms with Crippen LogP contribution in [0.3, 0.4) is 0 Å². The van der Waals surface area contributed by atoms with Crippen LogP contribution >= 0.6 is 11.3 Å². The number of likely N-dealkylation sites (tertiary alicyclic amines) is 1. The lowest BCUT2D eigenvalue weighted by Crippen LogP contribution is -2.45. The molecule has 1 aromatic rings. The maximum Gasteiger partial charge on any atom is 0.324 e. The van der Waals surface area contributed by atoms with Gasteiger partial charge >= 0.3 is 6.03 Å². The van der Waals surface area contributed by atoms with Crippen LogP contribution in [-0.2, 0) is 4.79 Å². The molecule has 0 spiro atoms. The van der Waals surface area contributed by atoms with Crippen LogP contribution in [0, 0.1) is 12.8 Å². The lowest BCUT2D eigenvalue weighted by atomic mass is 10.2. The van der Waals surface area contributed by atoms with Crippen LogP contribution in [0.2, 0.25) is 0 Å². The third kappa shape index (κ3) is 4.54. The molecule has 0 radical (unpaired) electrons. The van der Waals surface area contributed by atoms with Crippen molar-refractivity contribution >= 4 is 40.3 Å². The number of aryl methyl sites for hydroxylation is 1. The van der Waals surface area contributed by atoms with Crippen molar-refractivity contribution in [3.05, 3.63) is 28.9 Å². The molecule has 1 atom stereocenters. The topological polar surface area (TPSA) is 127 Å². The molecule has 5 N–H and O–H groups in total. The SMILES string of the molecule is C=C(/N=C\C=C(/N)c1sc(NC(=O)N2CCC[C@H]2C(N)=O)nc1C)C1CC1. The van der Waals surface area contributed by atoms with Gasteiger partial charge in [0.25, 0.3) is 0 Å². The first-order valence-corrected chi connectivity index (χ1v) is 9.72. The molecule has 8 nitrogen and oxygen atoms in total. The minimum atomic E-state index is -0.564. The van der Waals surface area contributed by atoms with Gasteiger partial charge in [-0.3, -0.25) is 15.1 Å². The van der Waals surface area contributed by atoms with Crippen molar-refractivity contribution in [2.24, 2.45) is 22.4 Å². The van der Waals surface area contributed by atoms with Gasteiger partial charge in [-0.1, -0.05) is 17.9 Å². The van der Waals surface area contributed by atoms with Gasteiger partial charge in [0.05, 0.1) is 16.3 Å². The molecule has 1 aromatic heterocycles. The van der Waals surface area contributed by atoms with Crippen molar-refractivity contribution < 1.29 is 9.59 Å². The van der Waals surface area contributed by atoms with Gasteiger partial charge in [-0.05, 0) is 38.7 Å². The van der Waals surface area contributed by atoms with Crippen LogP contribution in [0.25, 0.3) is 5.70 Å². The molecule has 3 rings (SSSR count). The van der Waals surface area contributed by atoms with Crippen LogP contribution in [0.5, 0.6) is 0 Å². The molecule has 0 aromatic carbocycles. The predicted molar refractivity (Wildman–Crippen MR) is 107 cm³/mol. The lowest BCUT2D eigenvalue weighted by Gasteiger charge is -2.21. The van der Waals surface area contributed by atoms with E-state index in [0.717, 1.165) is 29.8 Å². The van der Waals surface area contributed by atoms with Gasteiger partial charge < -0.3 is 16.4 Å². The van der Waals surface area contributed by atoms with Gasteiger partial charge in [0, 0.05) is 24.4 Å². The van der Waals surface area contributed by atoms with Crippen LogP contribution in [0.1, 0.15) is 36.3 Å². The molecule has 144 valence electrons. The molecule has 1 aliphatic carbocycles. The Kier molecular flexibility index (Phi) is 5.59. The zero-order valence-electron chi connectivity index (χ0n) is 15.3. The summed E-state index contributed by atoms with van der Waals surface area (Å²) < 4.78 is 0. The van der Waals surface area contributed by atoms with Crippen molar-refractivity contribution in [1.29, 1.82) is 0 Å². The number of aliphatic imine (C=N–C) groups is 1. The summed E-state index contributed by atoms with van der Waals surface area (Å²) in [4.78, 5) is 34.8. The van der Waals surface area contributed by atoms with Gasteiger partial charge in [-0.15, -0.1) is 0 Å². The van der Waals surface area contributed by atoms with Gasteiger partial charge in [-0.25, -0.2) is 9.78 Å². The van der Waals surface area contributed by atoms with Crippen molar-refractivity contribution in [2.75, 3.05) is 11.9 Å². The number of hydrogen-bond acceptors (Lipinski definition) is 6. The Hall–Kier alpha value is -2.68. The molecular formula is C18H24N6O2S. The largest absolute Gasteiger partial charge is 0.397 e. The third-order valence-electron chi connectivity index (χ3n) is 4.66. The summed E-state index contributed by atoms with van der Waals surface area (Å²) >= 11 is 1.28. The van der Waals surface area contributed by atoms with Crippen molar-refractivity contribution in [3.8, 4) is 0 Å². The highest BCUT2D eigenvalue weighted by Crippen LogP contribution is 2.35. The van der Waals surface area contributed by atoms with E-state index in [1.54, 1.807) is 12.3 Å². The molecule has 0 unspecified atom stereocenters. The number of nitrogens with one attached hydrogen (secondary N) is 1. The minimum Gasteiger partial charge on any atom is -0.397 e. The monoisotopic (exact) mass is 388 g/mol. The summed E-state index contributed by atoms with van der Waals surface area (Å²) in [6.07, 6.45) is 7.01. The first kappa shape index (κ1) is 19.1. The highest BCUT2D eigenvalue weighted by molar-refractivity contribution is 7.16. The molecular weight excluding hydrogens is 364 g/mol. The normalized spacial score (nSPS) is 20.3. The quantitative estimate of drug-likeness (QED) is 0.646. The fourth-order valence-electron chi connectivity index (χ4n) is 3.00. The molecule has 3 amide bonds. The molecule has 1 saturated heterocycles. The Morgan fingerprint density at radius 2 is 2.11 bits per heavy atom. The number of anilines is 1. The number of nitrogens with two attached hydrogens (primary N) is 2. The number of carbonyl (C=O) groups excluding carboxylic acids is 2. The summed E-state index contributed by atoms with van der Waals surface area (Å²) in [6, 6.07) is -0.937. The van der Waals surface area contributed by atoms with E-state index in [-0.39, 0.29) is 6.03 Å². The zero-order valence-corrected chi connectivity index (χ0v) is 16.1. The molecule has 2 heterocycles. The first-order chi connectivity index (χ1) is 12.9. The van der Waals surface area contributed by atoms with Crippen LogP contribution < -0.4 is 16.8 Å². The molecule has 2 aliphatic rings. The average molecular weight is 388 g/mol. The number of nitrogens with zero attached hydrogens (tertiary/aromatic N) is 3. The van der Waals surface area contributed by atoms with E-state index in [4.69, 9.17) is 11.5 Å². The molecule has 1 saturated carbocycles. The van der Waals surface area contributed by atoms with Crippen LogP contribution in [0.4, 0.5) is 9.93 Å². The van der Waals surface area contributed by atoms with Gasteiger partial charge in [0.2, 0.25) is 5.91 Å². The second-order valence-corrected chi connectivity index (χ2v) is 7.78. The Labute approximate surface area is 162 Å². The number of aromatic nitrogens is 1. The van der Waals surface area contributed by atoms with E-state index in [2.05, 4.69) is 21.9 Å². The smallest absolute Gasteiger partial charge is 0.324 e. The maximum absolute atomic E-state index is 12.4. The third-order valence-corrected chi connectivity index (χ3v) is 5.78. The molecule has 9 heteroatoms. The molecule has 1 aliphatic heterocycles. The maximum atomic E-state index is 12.4. The van der Waals surface area contributed by atoms with E-state index in [0.29, 0.717) is 35.4 Å². The Bertz CT molecular complexity index is 824. The number of rotatable bonds is 6. The standard InChI is InChI=1S/C18H24N6O2S/c1-10(12-5-6-12)21-8-7-13(19)15-11(2)22-17(27-15)23-18(26)24-9-3-4-14(24)16(20)25/h7-8,12,14H,1,3-6,9,19H2,2H3,(H2,20,25)(H,22,23,26)/b13-7-,21-8-/t14-/m0/s1. The minimum absolute atomic E-state index is 0.374. The number of urea groups is 1. The number of hydrogen-bond donors (Lipinski definition) is 3. The summed E-state index contributed by atoms with van der Waals surface area (Å²) in [7, 11) is 0. The predicted octanol–water partition coefficient (Wildman–Crippen LogP) is 2.23. The number of carbonyl (C=O) groups is 2. The number of thiazole rings is 1. The highest BCUT2D eigenvalue weighted by Gasteiger charge is 2.33. The van der Waals surface area contributed by atoms with Crippen LogP contribution in [-0.4, -0.2) is 40.6 Å². The summed E-state index contributed by atoms with van der Waals surface area (Å²) in [5, 5.41) is 3.17. The van der Waals surface area contributed by atoms with Crippen LogP contribution in [0.15, 0.2) is 23.3 Å². The summed E-state index contributed by atoms with van der Waals surface area (Å²) in [6.45, 7) is 6.26. The first-order valence-electron chi connectivity index (χ1n) is 8.90. The zero-order chi connectivity index (χ0) is 19.6. The second-order valence-electron chi connectivity index (χ2n) is 6.78. The Morgan fingerprint density at radius 1 is 1.37 bits per heavy atom. The lowest BCUT2D eigenvalue weighted by molar-refractivity contribution is -0.121. The summed E-state index contributed by atoms with van der Waals surface area (Å²) in [5.41, 5.74) is 13.6. The highest BCUT2D eigenvalue weighted by atomic mass is 32.1. The van der Waals surface area contributed by atoms with Gasteiger partial charge in [0.1, 0.15) is 6.04 Å².